The number of amides is 3. The Morgan fingerprint density at radius 1 is 1.15 bits per heavy atom. The number of thioether (sulfide) groups is 1. The number of carbonyl (C=O) groups excluding carboxylic acids is 4. The second kappa shape index (κ2) is 12.9. The van der Waals surface area contributed by atoms with E-state index in [-0.39, 0.29) is 12.3 Å². The van der Waals surface area contributed by atoms with Gasteiger partial charge < -0.3 is 30.1 Å². The SMILES string of the molecule is COC(=O)CNC(=O)C(c1ccc(O)cc1)N(C)C(=O)C(CCSC)NC(=O)OC(C)(C)C. The highest BCUT2D eigenvalue weighted by atomic mass is 32.2. The van der Waals surface area contributed by atoms with Gasteiger partial charge in [0, 0.05) is 7.05 Å². The fourth-order valence-electron chi connectivity index (χ4n) is 2.85. The van der Waals surface area contributed by atoms with Crippen LogP contribution >= 0.6 is 11.8 Å². The maximum Gasteiger partial charge on any atom is 0.408 e. The van der Waals surface area contributed by atoms with E-state index in [1.54, 1.807) is 20.8 Å². The first-order valence-electron chi connectivity index (χ1n) is 10.3. The first-order valence-corrected chi connectivity index (χ1v) is 11.7. The van der Waals surface area contributed by atoms with Crippen LogP contribution in [0.25, 0.3) is 0 Å². The van der Waals surface area contributed by atoms with E-state index >= 15 is 0 Å². The van der Waals surface area contributed by atoms with Gasteiger partial charge in [0.1, 0.15) is 30.0 Å². The number of benzene rings is 1. The number of hydrogen-bond acceptors (Lipinski definition) is 8. The van der Waals surface area contributed by atoms with Gasteiger partial charge in [-0.15, -0.1) is 0 Å². The van der Waals surface area contributed by atoms with Crippen LogP contribution in [0.1, 0.15) is 38.8 Å². The van der Waals surface area contributed by atoms with Crippen LogP contribution in [0, 0.1) is 0 Å². The molecule has 0 aliphatic heterocycles. The zero-order valence-electron chi connectivity index (χ0n) is 19.8. The van der Waals surface area contributed by atoms with Crippen molar-refractivity contribution in [2.45, 2.75) is 44.9 Å². The zero-order valence-corrected chi connectivity index (χ0v) is 20.7. The second-order valence-corrected chi connectivity index (χ2v) is 9.20. The monoisotopic (exact) mass is 483 g/mol. The molecule has 1 aromatic carbocycles. The van der Waals surface area contributed by atoms with E-state index in [0.29, 0.717) is 17.7 Å². The molecule has 0 saturated heterocycles. The molecule has 0 aliphatic carbocycles. The molecule has 33 heavy (non-hydrogen) atoms. The number of nitrogens with zero attached hydrogens (tertiary/aromatic N) is 1. The smallest absolute Gasteiger partial charge is 0.408 e. The Balaban J connectivity index is 3.18. The maximum absolute atomic E-state index is 13.4. The number of alkyl carbamates (subject to hydrolysis) is 1. The molecular formula is C22H33N3O7S. The molecule has 0 aliphatic rings. The number of esters is 1. The van der Waals surface area contributed by atoms with Crippen LogP contribution in [-0.4, -0.2) is 78.2 Å². The number of phenolic OH excluding ortho intramolecular Hbond substituents is 1. The minimum absolute atomic E-state index is 0.00844. The molecule has 0 spiro atoms. The van der Waals surface area contributed by atoms with Crippen molar-refractivity contribution in [3.8, 4) is 5.75 Å². The summed E-state index contributed by atoms with van der Waals surface area (Å²) in [7, 11) is 2.63. The van der Waals surface area contributed by atoms with Crippen molar-refractivity contribution < 1.29 is 33.8 Å². The molecule has 184 valence electrons. The third-order valence-electron chi connectivity index (χ3n) is 4.43. The van der Waals surface area contributed by atoms with Gasteiger partial charge in [0.2, 0.25) is 11.8 Å². The van der Waals surface area contributed by atoms with Gasteiger partial charge in [-0.1, -0.05) is 12.1 Å². The molecule has 3 N–H and O–H groups in total. The van der Waals surface area contributed by atoms with E-state index in [9.17, 15) is 24.3 Å². The molecule has 11 heteroatoms. The van der Waals surface area contributed by atoms with Crippen molar-refractivity contribution in [3.63, 3.8) is 0 Å². The van der Waals surface area contributed by atoms with E-state index in [0.717, 1.165) is 0 Å². The Morgan fingerprint density at radius 2 is 1.76 bits per heavy atom. The molecule has 0 radical (unpaired) electrons. The van der Waals surface area contributed by atoms with Gasteiger partial charge in [0.15, 0.2) is 0 Å². The van der Waals surface area contributed by atoms with Crippen molar-refractivity contribution in [1.82, 2.24) is 15.5 Å². The summed E-state index contributed by atoms with van der Waals surface area (Å²) in [5.74, 6) is -1.21. The Kier molecular flexibility index (Phi) is 11.0. The summed E-state index contributed by atoms with van der Waals surface area (Å²) in [5, 5.41) is 14.6. The Labute approximate surface area is 198 Å². The van der Waals surface area contributed by atoms with Gasteiger partial charge in [-0.2, -0.15) is 11.8 Å². The molecule has 3 amide bonds. The number of aromatic hydroxyl groups is 1. The van der Waals surface area contributed by atoms with E-state index in [2.05, 4.69) is 15.4 Å². The highest BCUT2D eigenvalue weighted by Crippen LogP contribution is 2.23. The number of likely N-dealkylation sites (N-methyl/N-ethyl adjacent to an activating group) is 1. The zero-order chi connectivity index (χ0) is 25.2. The third kappa shape index (κ3) is 9.60. The predicted octanol–water partition coefficient (Wildman–Crippen LogP) is 1.83. The van der Waals surface area contributed by atoms with Gasteiger partial charge in [-0.25, -0.2) is 4.79 Å². The van der Waals surface area contributed by atoms with Crippen molar-refractivity contribution in [3.05, 3.63) is 29.8 Å². The number of nitrogens with one attached hydrogen (secondary N) is 2. The van der Waals surface area contributed by atoms with Crippen molar-refractivity contribution >= 4 is 35.6 Å². The topological polar surface area (TPSA) is 134 Å². The number of hydrogen-bond donors (Lipinski definition) is 3. The summed E-state index contributed by atoms with van der Waals surface area (Å²) in [6.07, 6.45) is 1.44. The van der Waals surface area contributed by atoms with Crippen LogP contribution in [-0.2, 0) is 23.9 Å². The maximum atomic E-state index is 13.4. The van der Waals surface area contributed by atoms with Crippen LogP contribution in [0.5, 0.6) is 5.75 Å². The summed E-state index contributed by atoms with van der Waals surface area (Å²) in [4.78, 5) is 51.3. The van der Waals surface area contributed by atoms with E-state index in [4.69, 9.17) is 4.74 Å². The second-order valence-electron chi connectivity index (χ2n) is 8.22. The minimum atomic E-state index is -1.13. The molecule has 0 saturated carbocycles. The van der Waals surface area contributed by atoms with Crippen LogP contribution in [0.4, 0.5) is 4.79 Å². The molecule has 1 aromatic rings. The van der Waals surface area contributed by atoms with Crippen LogP contribution in [0.2, 0.25) is 0 Å². The van der Waals surface area contributed by atoms with Crippen LogP contribution < -0.4 is 10.6 Å². The van der Waals surface area contributed by atoms with Crippen molar-refractivity contribution in [2.24, 2.45) is 0 Å². The lowest BCUT2D eigenvalue weighted by atomic mass is 10.0. The van der Waals surface area contributed by atoms with E-state index in [1.165, 1.54) is 55.1 Å². The summed E-state index contributed by atoms with van der Waals surface area (Å²) < 4.78 is 9.82. The van der Waals surface area contributed by atoms with E-state index < -0.39 is 41.6 Å². The van der Waals surface area contributed by atoms with Gasteiger partial charge >= 0.3 is 12.1 Å². The molecule has 0 aromatic heterocycles. The number of carbonyl (C=O) groups is 4. The fraction of sp³-hybridized carbons (Fsp3) is 0.545. The molecule has 0 heterocycles. The highest BCUT2D eigenvalue weighted by Gasteiger charge is 2.34. The molecule has 10 nitrogen and oxygen atoms in total. The lowest BCUT2D eigenvalue weighted by Gasteiger charge is -2.31. The first kappa shape index (κ1) is 28.1. The largest absolute Gasteiger partial charge is 0.508 e. The lowest BCUT2D eigenvalue weighted by molar-refractivity contribution is -0.143. The first-order chi connectivity index (χ1) is 15.4. The van der Waals surface area contributed by atoms with Crippen LogP contribution in [0.3, 0.4) is 0 Å². The van der Waals surface area contributed by atoms with Gasteiger partial charge in [-0.3, -0.25) is 14.4 Å². The third-order valence-corrected chi connectivity index (χ3v) is 5.07. The molecular weight excluding hydrogens is 450 g/mol. The molecule has 0 fully saturated rings. The van der Waals surface area contributed by atoms with Crippen molar-refractivity contribution in [1.29, 1.82) is 0 Å². The van der Waals surface area contributed by atoms with Crippen LogP contribution in [0.15, 0.2) is 24.3 Å². The fourth-order valence-corrected chi connectivity index (χ4v) is 3.32. The number of rotatable bonds is 10. The van der Waals surface area contributed by atoms with Gasteiger partial charge in [0.05, 0.1) is 7.11 Å². The average Bonchev–Trinajstić information content (AvgIpc) is 2.74. The predicted molar refractivity (Wildman–Crippen MR) is 125 cm³/mol. The normalized spacial score (nSPS) is 12.8. The number of methoxy groups -OCH3 is 1. The Hall–Kier alpha value is -2.95. The molecule has 0 bridgehead atoms. The highest BCUT2D eigenvalue weighted by molar-refractivity contribution is 7.98. The number of phenols is 1. The van der Waals surface area contributed by atoms with E-state index in [1.807, 2.05) is 6.26 Å². The summed E-state index contributed by atoms with van der Waals surface area (Å²) >= 11 is 1.50. The van der Waals surface area contributed by atoms with Crippen molar-refractivity contribution in [2.75, 3.05) is 32.7 Å². The molecule has 2 unspecified atom stereocenters. The Bertz CT molecular complexity index is 824. The van der Waals surface area contributed by atoms with Gasteiger partial charge in [0.25, 0.3) is 0 Å². The standard InChI is InChI=1S/C22H33N3O7S/c1-22(2,3)32-21(30)24-16(11-12-33-6)20(29)25(4)18(14-7-9-15(26)10-8-14)19(28)23-13-17(27)31-5/h7-10,16,18,26H,11-13H2,1-6H3,(H,23,28)(H,24,30). The van der Waals surface area contributed by atoms with Gasteiger partial charge in [-0.05, 0) is 56.9 Å². The lowest BCUT2D eigenvalue weighted by Crippen LogP contribution is -2.52. The molecule has 2 atom stereocenters. The quantitative estimate of drug-likeness (QED) is 0.429. The number of ether oxygens (including phenoxy) is 2. The summed E-state index contributed by atoms with van der Waals surface area (Å²) in [6.45, 7) is 4.76. The Morgan fingerprint density at radius 3 is 2.27 bits per heavy atom. The molecule has 1 rings (SSSR count). The minimum Gasteiger partial charge on any atom is -0.508 e. The average molecular weight is 484 g/mol. The summed E-state index contributed by atoms with van der Waals surface area (Å²) in [6, 6.07) is 3.71. The summed E-state index contributed by atoms with van der Waals surface area (Å²) in [5.41, 5.74) is -0.335.